The summed E-state index contributed by atoms with van der Waals surface area (Å²) >= 11 is 0. The maximum Gasteiger partial charge on any atom is 0.433 e. The van der Waals surface area contributed by atoms with Gasteiger partial charge in [-0.15, -0.1) is 0 Å². The van der Waals surface area contributed by atoms with Crippen molar-refractivity contribution in [3.8, 4) is 11.4 Å². The quantitative estimate of drug-likeness (QED) is 0.367. The topological polar surface area (TPSA) is 66.7 Å². The van der Waals surface area contributed by atoms with Crippen molar-refractivity contribution >= 4 is 22.5 Å². The van der Waals surface area contributed by atoms with Gasteiger partial charge in [0.2, 0.25) is 0 Å². The molecule has 0 unspecified atom stereocenters. The Balaban J connectivity index is 1.12. The normalized spacial score (nSPS) is 15.5. The fourth-order valence-electron chi connectivity index (χ4n) is 5.44. The zero-order valence-corrected chi connectivity index (χ0v) is 22.3. The highest BCUT2D eigenvalue weighted by Gasteiger charge is 2.33. The van der Waals surface area contributed by atoms with E-state index < -0.39 is 11.9 Å². The Bertz CT molecular complexity index is 1570. The first-order valence-electron chi connectivity index (χ1n) is 13.2. The lowest BCUT2D eigenvalue weighted by atomic mass is 10.1. The van der Waals surface area contributed by atoms with Crippen LogP contribution in [0.25, 0.3) is 16.6 Å². The van der Waals surface area contributed by atoms with Crippen LogP contribution in [0.5, 0.6) is 5.75 Å². The van der Waals surface area contributed by atoms with E-state index >= 15 is 0 Å². The summed E-state index contributed by atoms with van der Waals surface area (Å²) in [5, 5.41) is 0.728. The minimum absolute atomic E-state index is 0.151. The van der Waals surface area contributed by atoms with E-state index in [1.165, 1.54) is 11.0 Å². The highest BCUT2D eigenvalue weighted by molar-refractivity contribution is 5.93. The van der Waals surface area contributed by atoms with Gasteiger partial charge in [-0.1, -0.05) is 18.2 Å². The van der Waals surface area contributed by atoms with E-state index in [4.69, 9.17) is 4.74 Å². The Morgan fingerprint density at radius 1 is 1.00 bits per heavy atom. The molecule has 208 valence electrons. The van der Waals surface area contributed by atoms with Crippen molar-refractivity contribution in [3.63, 3.8) is 0 Å². The van der Waals surface area contributed by atoms with Crippen LogP contribution in [0.1, 0.15) is 27.4 Å². The molecule has 8 nitrogen and oxygen atoms in total. The molecule has 0 bridgehead atoms. The van der Waals surface area contributed by atoms with Crippen LogP contribution in [-0.2, 0) is 19.2 Å². The highest BCUT2D eigenvalue weighted by Crippen LogP contribution is 2.35. The Kier molecular flexibility index (Phi) is 6.61. The first-order chi connectivity index (χ1) is 19.2. The molecule has 1 amide bonds. The number of aromatic nitrogens is 3. The number of pyridine rings is 1. The van der Waals surface area contributed by atoms with E-state index in [2.05, 4.69) is 25.8 Å². The van der Waals surface area contributed by atoms with Crippen molar-refractivity contribution < 1.29 is 22.7 Å². The summed E-state index contributed by atoms with van der Waals surface area (Å²) in [5.74, 6) is 0.665. The SMILES string of the molecule is CN(C)C(=O)c1ncn2c1COc1c(CCN3CCN(c4cccc5nc(C(F)(F)F)ccc45)CC3)cccc1-2. The summed E-state index contributed by atoms with van der Waals surface area (Å²) in [6.45, 7) is 4.34. The predicted octanol–water partition coefficient (Wildman–Crippen LogP) is 4.40. The van der Waals surface area contributed by atoms with Gasteiger partial charge >= 0.3 is 6.18 Å². The van der Waals surface area contributed by atoms with Gasteiger partial charge in [0.05, 0.1) is 16.9 Å². The lowest BCUT2D eigenvalue weighted by Gasteiger charge is -2.36. The van der Waals surface area contributed by atoms with Gasteiger partial charge in [0.25, 0.3) is 5.91 Å². The minimum atomic E-state index is -4.46. The van der Waals surface area contributed by atoms with Gasteiger partial charge in [-0.3, -0.25) is 14.3 Å². The number of para-hydroxylation sites is 1. The van der Waals surface area contributed by atoms with Gasteiger partial charge in [0.1, 0.15) is 24.4 Å². The number of carbonyl (C=O) groups excluding carboxylic acids is 1. The number of imidazole rings is 1. The van der Waals surface area contributed by atoms with Gasteiger partial charge < -0.3 is 14.5 Å². The average molecular weight is 551 g/mol. The molecule has 2 aliphatic heterocycles. The van der Waals surface area contributed by atoms with E-state index in [0.717, 1.165) is 79.0 Å². The van der Waals surface area contributed by atoms with Gasteiger partial charge in [0.15, 0.2) is 5.69 Å². The van der Waals surface area contributed by atoms with Crippen LogP contribution in [-0.4, -0.2) is 77.1 Å². The number of anilines is 1. The molecule has 2 aliphatic rings. The molecule has 6 rings (SSSR count). The van der Waals surface area contributed by atoms with Gasteiger partial charge in [0, 0.05) is 57.9 Å². The smallest absolute Gasteiger partial charge is 0.433 e. The van der Waals surface area contributed by atoms with Crippen LogP contribution < -0.4 is 9.64 Å². The zero-order valence-electron chi connectivity index (χ0n) is 22.3. The number of rotatable bonds is 5. The van der Waals surface area contributed by atoms with Crippen molar-refractivity contribution in [1.29, 1.82) is 0 Å². The summed E-state index contributed by atoms with van der Waals surface area (Å²) < 4.78 is 47.5. The van der Waals surface area contributed by atoms with Crippen LogP contribution >= 0.6 is 0 Å². The maximum atomic E-state index is 13.1. The molecule has 4 aromatic rings. The molecule has 0 saturated carbocycles. The second-order valence-corrected chi connectivity index (χ2v) is 10.3. The van der Waals surface area contributed by atoms with Gasteiger partial charge in [-0.2, -0.15) is 13.2 Å². The van der Waals surface area contributed by atoms with Crippen LogP contribution in [0.4, 0.5) is 18.9 Å². The van der Waals surface area contributed by atoms with E-state index in [1.54, 1.807) is 32.6 Å². The summed E-state index contributed by atoms with van der Waals surface area (Å²) in [6.07, 6.45) is -1.98. The van der Waals surface area contributed by atoms with E-state index in [-0.39, 0.29) is 12.5 Å². The molecular weight excluding hydrogens is 521 g/mol. The fraction of sp³-hybridized carbons (Fsp3) is 0.345. The third kappa shape index (κ3) is 4.74. The molecule has 0 spiro atoms. The molecule has 4 heterocycles. The second-order valence-electron chi connectivity index (χ2n) is 10.3. The number of benzene rings is 2. The molecule has 2 aromatic heterocycles. The Morgan fingerprint density at radius 3 is 2.50 bits per heavy atom. The lowest BCUT2D eigenvalue weighted by Crippen LogP contribution is -2.47. The standard InChI is InChI=1S/C29H29F3N6O2/c1-35(2)28(39)26-24-17-40-27-19(5-3-8-23(27)38(24)18-33-26)11-12-36-13-15-37(16-14-36)22-7-4-6-21-20(22)9-10-25(34-21)29(30,31)32/h3-10,18H,11-17H2,1-2H3. The van der Waals surface area contributed by atoms with Crippen molar-refractivity contribution in [2.75, 3.05) is 51.7 Å². The molecular formula is C29H29F3N6O2. The fourth-order valence-corrected chi connectivity index (χ4v) is 5.44. The van der Waals surface area contributed by atoms with Crippen molar-refractivity contribution in [2.24, 2.45) is 0 Å². The van der Waals surface area contributed by atoms with E-state index in [0.29, 0.717) is 11.2 Å². The number of amides is 1. The molecule has 1 fully saturated rings. The summed E-state index contributed by atoms with van der Waals surface area (Å²) in [6, 6.07) is 14.0. The molecule has 0 N–H and O–H groups in total. The number of piperazine rings is 1. The van der Waals surface area contributed by atoms with Gasteiger partial charge in [-0.25, -0.2) is 9.97 Å². The number of hydrogen-bond donors (Lipinski definition) is 0. The summed E-state index contributed by atoms with van der Waals surface area (Å²) in [7, 11) is 3.41. The molecule has 40 heavy (non-hydrogen) atoms. The number of hydrogen-bond acceptors (Lipinski definition) is 6. The first kappa shape index (κ1) is 26.1. The Hall–Kier alpha value is -4.12. The molecule has 0 atom stereocenters. The Morgan fingerprint density at radius 2 is 1.75 bits per heavy atom. The Labute approximate surface area is 229 Å². The minimum Gasteiger partial charge on any atom is -0.485 e. The van der Waals surface area contributed by atoms with Crippen LogP contribution in [0, 0.1) is 0 Å². The highest BCUT2D eigenvalue weighted by atomic mass is 19.4. The number of fused-ring (bicyclic) bond motifs is 4. The average Bonchev–Trinajstić information content (AvgIpc) is 3.39. The third-order valence-electron chi connectivity index (χ3n) is 7.57. The molecule has 1 saturated heterocycles. The van der Waals surface area contributed by atoms with Crippen LogP contribution in [0.3, 0.4) is 0 Å². The van der Waals surface area contributed by atoms with E-state index in [1.807, 2.05) is 22.8 Å². The third-order valence-corrected chi connectivity index (χ3v) is 7.57. The summed E-state index contributed by atoms with van der Waals surface area (Å²) in [4.78, 5) is 26.8. The number of alkyl halides is 3. The number of carbonyl (C=O) groups is 1. The van der Waals surface area contributed by atoms with Gasteiger partial charge in [-0.05, 0) is 42.3 Å². The summed E-state index contributed by atoms with van der Waals surface area (Å²) in [5.41, 5.74) is 3.52. The predicted molar refractivity (Wildman–Crippen MR) is 145 cm³/mol. The number of halogens is 3. The van der Waals surface area contributed by atoms with Crippen molar-refractivity contribution in [3.05, 3.63) is 77.5 Å². The van der Waals surface area contributed by atoms with Crippen molar-refractivity contribution in [2.45, 2.75) is 19.2 Å². The number of nitrogens with zero attached hydrogens (tertiary/aromatic N) is 6. The molecule has 0 aliphatic carbocycles. The number of ether oxygens (including phenoxy) is 1. The maximum absolute atomic E-state index is 13.1. The molecule has 0 radical (unpaired) electrons. The zero-order chi connectivity index (χ0) is 28.0. The van der Waals surface area contributed by atoms with Crippen molar-refractivity contribution in [1.82, 2.24) is 24.3 Å². The van der Waals surface area contributed by atoms with E-state index in [9.17, 15) is 18.0 Å². The van der Waals surface area contributed by atoms with Crippen LogP contribution in [0.2, 0.25) is 0 Å². The lowest BCUT2D eigenvalue weighted by molar-refractivity contribution is -0.140. The largest absolute Gasteiger partial charge is 0.485 e. The van der Waals surface area contributed by atoms with Crippen LogP contribution in [0.15, 0.2) is 54.9 Å². The molecule has 11 heteroatoms. The molecule has 2 aromatic carbocycles. The second kappa shape index (κ2) is 10.1. The first-order valence-corrected chi connectivity index (χ1v) is 13.2. The monoisotopic (exact) mass is 550 g/mol.